The lowest BCUT2D eigenvalue weighted by Crippen LogP contribution is -2.14. The Morgan fingerprint density at radius 2 is 2.16 bits per heavy atom. The number of methoxy groups -OCH3 is 1. The van der Waals surface area contributed by atoms with Gasteiger partial charge in [0, 0.05) is 25.0 Å². The molecule has 1 amide bonds. The van der Waals surface area contributed by atoms with Crippen LogP contribution in [-0.2, 0) is 0 Å². The van der Waals surface area contributed by atoms with Gasteiger partial charge >= 0.3 is 0 Å². The molecule has 0 aliphatic rings. The van der Waals surface area contributed by atoms with Crippen molar-refractivity contribution in [2.75, 3.05) is 24.8 Å². The van der Waals surface area contributed by atoms with E-state index >= 15 is 0 Å². The largest absolute Gasteiger partial charge is 0.497 e. The Bertz CT molecular complexity index is 584. The molecule has 2 rings (SSSR count). The van der Waals surface area contributed by atoms with Gasteiger partial charge in [-0.1, -0.05) is 6.07 Å². The summed E-state index contributed by atoms with van der Waals surface area (Å²) in [7, 11) is 3.34. The van der Waals surface area contributed by atoms with Crippen LogP contribution in [0.25, 0.3) is 0 Å². The van der Waals surface area contributed by atoms with Gasteiger partial charge in [-0.2, -0.15) is 0 Å². The summed E-state index contributed by atoms with van der Waals surface area (Å²) < 4.78 is 5.11. The number of nitrogens with one attached hydrogen (secondary N) is 2. The van der Waals surface area contributed by atoms with E-state index in [9.17, 15) is 4.79 Å². The summed E-state index contributed by atoms with van der Waals surface area (Å²) >= 11 is 0. The number of ether oxygens (including phenoxy) is 1. The normalized spacial score (nSPS) is 9.79. The molecule has 1 heterocycles. The molecular formula is C14H15N3O2. The van der Waals surface area contributed by atoms with Crippen molar-refractivity contribution >= 4 is 17.3 Å². The molecule has 0 saturated heterocycles. The van der Waals surface area contributed by atoms with Gasteiger partial charge in [-0.3, -0.25) is 9.78 Å². The standard InChI is InChI=1S/C14H15N3O2/c1-15-13-9-16-7-6-12(13)14(18)17-10-4-3-5-11(8-10)19-2/h3-9,15H,1-2H3,(H,17,18). The van der Waals surface area contributed by atoms with Gasteiger partial charge in [0.25, 0.3) is 5.91 Å². The lowest BCUT2D eigenvalue weighted by molar-refractivity contribution is 0.102. The van der Waals surface area contributed by atoms with Crippen molar-refractivity contribution in [3.63, 3.8) is 0 Å². The van der Waals surface area contributed by atoms with E-state index in [0.717, 1.165) is 0 Å². The Hall–Kier alpha value is -2.56. The lowest BCUT2D eigenvalue weighted by atomic mass is 10.2. The number of carbonyl (C=O) groups excluding carboxylic acids is 1. The van der Waals surface area contributed by atoms with Crippen molar-refractivity contribution in [2.45, 2.75) is 0 Å². The van der Waals surface area contributed by atoms with Crippen molar-refractivity contribution in [3.8, 4) is 5.75 Å². The summed E-state index contributed by atoms with van der Waals surface area (Å²) in [5.74, 6) is 0.501. The molecule has 2 N–H and O–H groups in total. The number of rotatable bonds is 4. The second kappa shape index (κ2) is 5.86. The van der Waals surface area contributed by atoms with Crippen LogP contribution in [0.3, 0.4) is 0 Å². The number of hydrogen-bond acceptors (Lipinski definition) is 4. The third kappa shape index (κ3) is 3.01. The molecule has 0 aliphatic carbocycles. The summed E-state index contributed by atoms with van der Waals surface area (Å²) in [6, 6.07) is 8.88. The van der Waals surface area contributed by atoms with E-state index in [2.05, 4.69) is 15.6 Å². The average molecular weight is 257 g/mol. The molecule has 0 aliphatic heterocycles. The first-order valence-corrected chi connectivity index (χ1v) is 5.81. The zero-order valence-corrected chi connectivity index (χ0v) is 10.8. The Morgan fingerprint density at radius 3 is 2.89 bits per heavy atom. The smallest absolute Gasteiger partial charge is 0.257 e. The molecule has 0 unspecified atom stereocenters. The van der Waals surface area contributed by atoms with Crippen LogP contribution in [-0.4, -0.2) is 25.0 Å². The van der Waals surface area contributed by atoms with Crippen LogP contribution in [0.2, 0.25) is 0 Å². The van der Waals surface area contributed by atoms with Crippen molar-refractivity contribution in [1.29, 1.82) is 0 Å². The molecule has 0 spiro atoms. The number of pyridine rings is 1. The first kappa shape index (κ1) is 12.9. The molecule has 1 aromatic heterocycles. The maximum atomic E-state index is 12.2. The van der Waals surface area contributed by atoms with E-state index in [1.165, 1.54) is 0 Å². The van der Waals surface area contributed by atoms with E-state index in [4.69, 9.17) is 4.74 Å². The highest BCUT2D eigenvalue weighted by Gasteiger charge is 2.10. The molecule has 0 saturated carbocycles. The summed E-state index contributed by atoms with van der Waals surface area (Å²) in [5, 5.41) is 5.76. The maximum Gasteiger partial charge on any atom is 0.257 e. The van der Waals surface area contributed by atoms with E-state index in [0.29, 0.717) is 22.7 Å². The van der Waals surface area contributed by atoms with Crippen molar-refractivity contribution in [3.05, 3.63) is 48.3 Å². The van der Waals surface area contributed by atoms with Gasteiger partial charge in [0.15, 0.2) is 0 Å². The molecule has 98 valence electrons. The van der Waals surface area contributed by atoms with Crippen LogP contribution >= 0.6 is 0 Å². The number of anilines is 2. The van der Waals surface area contributed by atoms with Gasteiger partial charge in [0.05, 0.1) is 24.6 Å². The Morgan fingerprint density at radius 1 is 1.32 bits per heavy atom. The maximum absolute atomic E-state index is 12.2. The first-order chi connectivity index (χ1) is 9.24. The van der Waals surface area contributed by atoms with E-state index in [1.54, 1.807) is 44.8 Å². The number of hydrogen-bond donors (Lipinski definition) is 2. The SMILES string of the molecule is CNc1cnccc1C(=O)Nc1cccc(OC)c1. The van der Waals surface area contributed by atoms with E-state index in [1.807, 2.05) is 12.1 Å². The highest BCUT2D eigenvalue weighted by atomic mass is 16.5. The average Bonchev–Trinajstić information content (AvgIpc) is 2.47. The third-order valence-electron chi connectivity index (χ3n) is 2.66. The Labute approximate surface area is 111 Å². The minimum absolute atomic E-state index is 0.194. The summed E-state index contributed by atoms with van der Waals surface area (Å²) in [6.07, 6.45) is 3.20. The fraction of sp³-hybridized carbons (Fsp3) is 0.143. The molecule has 5 heteroatoms. The van der Waals surface area contributed by atoms with Crippen LogP contribution in [0.15, 0.2) is 42.7 Å². The van der Waals surface area contributed by atoms with Gasteiger partial charge in [-0.15, -0.1) is 0 Å². The molecule has 0 atom stereocenters. The van der Waals surface area contributed by atoms with Crippen LogP contribution in [0, 0.1) is 0 Å². The second-order valence-electron chi connectivity index (χ2n) is 3.86. The van der Waals surface area contributed by atoms with Crippen LogP contribution in [0.4, 0.5) is 11.4 Å². The van der Waals surface area contributed by atoms with Crippen molar-refractivity contribution in [1.82, 2.24) is 4.98 Å². The Kier molecular flexibility index (Phi) is 3.97. The first-order valence-electron chi connectivity index (χ1n) is 5.81. The molecular weight excluding hydrogens is 242 g/mol. The summed E-state index contributed by atoms with van der Waals surface area (Å²) in [5.41, 5.74) is 1.91. The predicted molar refractivity (Wildman–Crippen MR) is 74.7 cm³/mol. The van der Waals surface area contributed by atoms with Gasteiger partial charge in [0.1, 0.15) is 5.75 Å². The minimum Gasteiger partial charge on any atom is -0.497 e. The molecule has 1 aromatic carbocycles. The van der Waals surface area contributed by atoms with Crippen LogP contribution < -0.4 is 15.4 Å². The monoisotopic (exact) mass is 257 g/mol. The lowest BCUT2D eigenvalue weighted by Gasteiger charge is -2.10. The number of benzene rings is 1. The topological polar surface area (TPSA) is 63.2 Å². The number of aromatic nitrogens is 1. The molecule has 0 radical (unpaired) electrons. The summed E-state index contributed by atoms with van der Waals surface area (Å²) in [4.78, 5) is 16.1. The zero-order chi connectivity index (χ0) is 13.7. The Balaban J connectivity index is 2.20. The zero-order valence-electron chi connectivity index (χ0n) is 10.8. The molecule has 2 aromatic rings. The van der Waals surface area contributed by atoms with Gasteiger partial charge in [0.2, 0.25) is 0 Å². The number of carbonyl (C=O) groups is 1. The van der Waals surface area contributed by atoms with Gasteiger partial charge < -0.3 is 15.4 Å². The van der Waals surface area contributed by atoms with Gasteiger partial charge in [-0.25, -0.2) is 0 Å². The molecule has 19 heavy (non-hydrogen) atoms. The van der Waals surface area contributed by atoms with Crippen molar-refractivity contribution < 1.29 is 9.53 Å². The quantitative estimate of drug-likeness (QED) is 0.882. The molecule has 0 fully saturated rings. The molecule has 5 nitrogen and oxygen atoms in total. The fourth-order valence-electron chi connectivity index (χ4n) is 1.69. The second-order valence-corrected chi connectivity index (χ2v) is 3.86. The van der Waals surface area contributed by atoms with Crippen LogP contribution in [0.5, 0.6) is 5.75 Å². The van der Waals surface area contributed by atoms with Crippen molar-refractivity contribution in [2.24, 2.45) is 0 Å². The highest BCUT2D eigenvalue weighted by Crippen LogP contribution is 2.19. The number of nitrogens with zero attached hydrogens (tertiary/aromatic N) is 1. The number of amides is 1. The van der Waals surface area contributed by atoms with E-state index in [-0.39, 0.29) is 5.91 Å². The molecule has 0 bridgehead atoms. The minimum atomic E-state index is -0.194. The summed E-state index contributed by atoms with van der Waals surface area (Å²) in [6.45, 7) is 0. The third-order valence-corrected chi connectivity index (χ3v) is 2.66. The van der Waals surface area contributed by atoms with Crippen LogP contribution in [0.1, 0.15) is 10.4 Å². The van der Waals surface area contributed by atoms with E-state index < -0.39 is 0 Å². The predicted octanol–water partition coefficient (Wildman–Crippen LogP) is 2.38. The fourth-order valence-corrected chi connectivity index (χ4v) is 1.69. The highest BCUT2D eigenvalue weighted by molar-refractivity contribution is 6.07. The van der Waals surface area contributed by atoms with Gasteiger partial charge in [-0.05, 0) is 18.2 Å².